The molecular weight excluding hydrogens is 414 g/mol. The molecule has 174 valence electrons. The van der Waals surface area contributed by atoms with E-state index in [4.69, 9.17) is 9.26 Å². The first kappa shape index (κ1) is 23.0. The van der Waals surface area contributed by atoms with Crippen LogP contribution in [0.5, 0.6) is 5.75 Å². The molecule has 0 bridgehead atoms. The normalized spacial score (nSPS) is 14.5. The van der Waals surface area contributed by atoms with Crippen molar-refractivity contribution in [1.29, 1.82) is 0 Å². The average Bonchev–Trinajstić information content (AvgIpc) is 3.26. The van der Waals surface area contributed by atoms with Gasteiger partial charge in [0.05, 0.1) is 6.54 Å². The summed E-state index contributed by atoms with van der Waals surface area (Å²) in [4.78, 5) is 18.9. The Kier molecular flexibility index (Phi) is 6.54. The fourth-order valence-electron chi connectivity index (χ4n) is 4.18. The van der Waals surface area contributed by atoms with Gasteiger partial charge in [-0.3, -0.25) is 4.79 Å². The van der Waals surface area contributed by atoms with Crippen molar-refractivity contribution in [3.63, 3.8) is 0 Å². The van der Waals surface area contributed by atoms with Gasteiger partial charge in [0.1, 0.15) is 5.75 Å². The van der Waals surface area contributed by atoms with Crippen LogP contribution in [-0.4, -0.2) is 34.1 Å². The number of aryl methyl sites for hydroxylation is 2. The lowest BCUT2D eigenvalue weighted by Crippen LogP contribution is -2.37. The first-order valence-corrected chi connectivity index (χ1v) is 11.7. The van der Waals surface area contributed by atoms with Gasteiger partial charge in [-0.1, -0.05) is 56.3 Å². The molecule has 1 aliphatic rings. The van der Waals surface area contributed by atoms with Crippen LogP contribution in [0.1, 0.15) is 63.1 Å². The second kappa shape index (κ2) is 9.38. The van der Waals surface area contributed by atoms with E-state index in [9.17, 15) is 4.79 Å². The predicted molar refractivity (Wildman–Crippen MR) is 128 cm³/mol. The van der Waals surface area contributed by atoms with Crippen LogP contribution in [0.3, 0.4) is 0 Å². The molecule has 0 N–H and O–H groups in total. The molecule has 0 fully saturated rings. The lowest BCUT2D eigenvalue weighted by Gasteiger charge is -2.22. The van der Waals surface area contributed by atoms with Gasteiger partial charge in [0.15, 0.2) is 6.10 Å². The molecule has 33 heavy (non-hydrogen) atoms. The third-order valence-electron chi connectivity index (χ3n) is 6.21. The fourth-order valence-corrected chi connectivity index (χ4v) is 4.18. The number of hydrogen-bond acceptors (Lipinski definition) is 5. The molecule has 0 aliphatic heterocycles. The number of hydrogen-bond donors (Lipinski definition) is 0. The molecule has 1 amide bonds. The van der Waals surface area contributed by atoms with Crippen LogP contribution in [0.2, 0.25) is 0 Å². The van der Waals surface area contributed by atoms with E-state index in [2.05, 4.69) is 55.2 Å². The molecule has 6 nitrogen and oxygen atoms in total. The van der Waals surface area contributed by atoms with Crippen molar-refractivity contribution >= 4 is 5.91 Å². The summed E-state index contributed by atoms with van der Waals surface area (Å²) in [7, 11) is 1.72. The van der Waals surface area contributed by atoms with Crippen molar-refractivity contribution in [2.45, 2.75) is 71.4 Å². The summed E-state index contributed by atoms with van der Waals surface area (Å²) in [5, 5.41) is 4.09. The van der Waals surface area contributed by atoms with Gasteiger partial charge in [0, 0.05) is 12.6 Å². The van der Waals surface area contributed by atoms with E-state index in [1.807, 2.05) is 18.2 Å². The van der Waals surface area contributed by atoms with E-state index in [-0.39, 0.29) is 17.9 Å². The van der Waals surface area contributed by atoms with Gasteiger partial charge in [-0.05, 0) is 66.8 Å². The van der Waals surface area contributed by atoms with Crippen molar-refractivity contribution < 1.29 is 14.1 Å². The highest BCUT2D eigenvalue weighted by atomic mass is 16.5. The maximum atomic E-state index is 12.9. The highest BCUT2D eigenvalue weighted by Crippen LogP contribution is 2.27. The summed E-state index contributed by atoms with van der Waals surface area (Å²) in [5.41, 5.74) is 4.94. The Hall–Kier alpha value is -3.15. The maximum Gasteiger partial charge on any atom is 0.263 e. The van der Waals surface area contributed by atoms with Gasteiger partial charge < -0.3 is 14.2 Å². The molecule has 0 unspecified atom stereocenters. The first-order valence-electron chi connectivity index (χ1n) is 11.7. The molecule has 6 heteroatoms. The molecule has 3 aromatic rings. The van der Waals surface area contributed by atoms with Crippen molar-refractivity contribution in [1.82, 2.24) is 15.0 Å². The Bertz CT molecular complexity index is 1110. The van der Waals surface area contributed by atoms with Crippen LogP contribution in [-0.2, 0) is 29.6 Å². The number of fused-ring (bicyclic) bond motifs is 1. The second-order valence-electron chi connectivity index (χ2n) is 9.93. The van der Waals surface area contributed by atoms with Crippen LogP contribution in [0.4, 0.5) is 0 Å². The number of benzene rings is 2. The summed E-state index contributed by atoms with van der Waals surface area (Å²) in [5.74, 6) is 1.51. The minimum Gasteiger partial charge on any atom is -0.481 e. The number of nitrogens with zero attached hydrogens (tertiary/aromatic N) is 3. The number of rotatable bonds is 6. The topological polar surface area (TPSA) is 68.5 Å². The van der Waals surface area contributed by atoms with Crippen molar-refractivity contribution in [2.75, 3.05) is 7.05 Å². The largest absolute Gasteiger partial charge is 0.481 e. The number of likely N-dealkylation sites (N-methyl/N-ethyl adjacent to an activating group) is 1. The zero-order valence-electron chi connectivity index (χ0n) is 20.2. The molecule has 0 spiro atoms. The molecule has 2 aromatic carbocycles. The number of aromatic nitrogens is 2. The molecule has 1 atom stereocenters. The summed E-state index contributed by atoms with van der Waals surface area (Å²) >= 11 is 0. The van der Waals surface area contributed by atoms with Crippen molar-refractivity contribution in [2.24, 2.45) is 0 Å². The third-order valence-corrected chi connectivity index (χ3v) is 6.21. The van der Waals surface area contributed by atoms with Crippen LogP contribution in [0, 0.1) is 0 Å². The molecule has 1 heterocycles. The Morgan fingerprint density at radius 2 is 1.79 bits per heavy atom. The standard InChI is InChI=1S/C27H33N3O3/c1-18(32-23-15-12-19-8-6-7-9-21(19)16-23)26(31)30(5)17-24-28-25(29-33-24)20-10-13-22(14-11-20)27(2,3)4/h10-16,18H,6-9,17H2,1-5H3/t18-/m1/s1. The fraction of sp³-hybridized carbons (Fsp3) is 0.444. The highest BCUT2D eigenvalue weighted by molar-refractivity contribution is 5.80. The number of carbonyl (C=O) groups is 1. The van der Waals surface area contributed by atoms with E-state index in [0.717, 1.165) is 24.2 Å². The van der Waals surface area contributed by atoms with E-state index in [1.54, 1.807) is 18.9 Å². The Labute approximate surface area is 196 Å². The van der Waals surface area contributed by atoms with Crippen LogP contribution in [0.15, 0.2) is 47.0 Å². The summed E-state index contributed by atoms with van der Waals surface area (Å²) in [6.07, 6.45) is 4.05. The number of carbonyl (C=O) groups excluding carboxylic acids is 1. The predicted octanol–water partition coefficient (Wildman–Crippen LogP) is 5.34. The maximum absolute atomic E-state index is 12.9. The molecule has 0 saturated carbocycles. The number of ether oxygens (including phenoxy) is 1. The molecule has 0 radical (unpaired) electrons. The minimum absolute atomic E-state index is 0.0852. The average molecular weight is 448 g/mol. The minimum atomic E-state index is -0.607. The Morgan fingerprint density at radius 1 is 1.09 bits per heavy atom. The van der Waals surface area contributed by atoms with Gasteiger partial charge in [-0.25, -0.2) is 0 Å². The zero-order chi connectivity index (χ0) is 23.6. The molecule has 1 aromatic heterocycles. The monoisotopic (exact) mass is 447 g/mol. The van der Waals surface area contributed by atoms with Gasteiger partial charge in [-0.15, -0.1) is 0 Å². The van der Waals surface area contributed by atoms with Gasteiger partial charge in [0.2, 0.25) is 11.7 Å². The highest BCUT2D eigenvalue weighted by Gasteiger charge is 2.22. The van der Waals surface area contributed by atoms with Gasteiger partial charge in [0.25, 0.3) is 5.91 Å². The first-order chi connectivity index (χ1) is 15.7. The van der Waals surface area contributed by atoms with Crippen molar-refractivity contribution in [3.8, 4) is 17.1 Å². The molecule has 0 saturated heterocycles. The summed E-state index contributed by atoms with van der Waals surface area (Å²) in [6.45, 7) is 8.53. The van der Waals surface area contributed by atoms with Crippen LogP contribution >= 0.6 is 0 Å². The molecular formula is C27H33N3O3. The quantitative estimate of drug-likeness (QED) is 0.510. The van der Waals surface area contributed by atoms with Gasteiger partial charge >= 0.3 is 0 Å². The molecule has 4 rings (SSSR count). The van der Waals surface area contributed by atoms with E-state index < -0.39 is 6.10 Å². The third kappa shape index (κ3) is 5.44. The Balaban J connectivity index is 1.36. The van der Waals surface area contributed by atoms with Crippen LogP contribution in [0.25, 0.3) is 11.4 Å². The summed E-state index contributed by atoms with van der Waals surface area (Å²) < 4.78 is 11.4. The SMILES string of the molecule is C[C@@H](Oc1ccc2c(c1)CCCC2)C(=O)N(C)Cc1nc(-c2ccc(C(C)(C)C)cc2)no1. The smallest absolute Gasteiger partial charge is 0.263 e. The van der Waals surface area contributed by atoms with E-state index in [0.29, 0.717) is 11.7 Å². The Morgan fingerprint density at radius 3 is 2.48 bits per heavy atom. The second-order valence-corrected chi connectivity index (χ2v) is 9.93. The summed E-state index contributed by atoms with van der Waals surface area (Å²) in [6, 6.07) is 14.3. The van der Waals surface area contributed by atoms with E-state index in [1.165, 1.54) is 29.5 Å². The lowest BCUT2D eigenvalue weighted by atomic mass is 9.87. The zero-order valence-corrected chi connectivity index (χ0v) is 20.2. The lowest BCUT2D eigenvalue weighted by molar-refractivity contribution is -0.137. The number of amides is 1. The van der Waals surface area contributed by atoms with E-state index >= 15 is 0 Å². The van der Waals surface area contributed by atoms with Gasteiger partial charge in [-0.2, -0.15) is 4.98 Å². The molecule has 1 aliphatic carbocycles. The van der Waals surface area contributed by atoms with Crippen LogP contribution < -0.4 is 4.74 Å². The van der Waals surface area contributed by atoms with Crippen molar-refractivity contribution in [3.05, 3.63) is 65.0 Å².